The van der Waals surface area contributed by atoms with Gasteiger partial charge in [0.25, 0.3) is 5.56 Å². The molecule has 12 heteroatoms. The molecule has 1 heterocycles. The Balaban J connectivity index is 2.28. The van der Waals surface area contributed by atoms with E-state index in [2.05, 4.69) is 9.44 Å². The molecule has 0 amide bonds. The molecular weight excluding hydrogens is 577 g/mol. The summed E-state index contributed by atoms with van der Waals surface area (Å²) in [5.41, 5.74) is 2.36. The summed E-state index contributed by atoms with van der Waals surface area (Å²) in [6.45, 7) is 7.55. The number of pyridine rings is 1. The van der Waals surface area contributed by atoms with Crippen molar-refractivity contribution in [3.8, 4) is 11.1 Å². The molecule has 2 aromatic carbocycles. The van der Waals surface area contributed by atoms with Crippen molar-refractivity contribution in [2.45, 2.75) is 51.3 Å². The third kappa shape index (κ3) is 7.80. The van der Waals surface area contributed by atoms with E-state index in [4.69, 9.17) is 16.2 Å². The minimum absolute atomic E-state index is 0.136. The molecule has 0 saturated carbocycles. The van der Waals surface area contributed by atoms with Crippen molar-refractivity contribution in [1.82, 2.24) is 14.0 Å². The normalized spacial score (nSPS) is 14.1. The number of ketones is 1. The summed E-state index contributed by atoms with van der Waals surface area (Å²) in [6.07, 6.45) is 2.39. The van der Waals surface area contributed by atoms with Crippen molar-refractivity contribution in [2.24, 2.45) is 7.05 Å². The molecule has 3 aromatic rings. The highest BCUT2D eigenvalue weighted by Gasteiger charge is 2.27. The van der Waals surface area contributed by atoms with Crippen LogP contribution in [0.5, 0.6) is 0 Å². The van der Waals surface area contributed by atoms with Crippen LogP contribution in [-0.2, 0) is 35.7 Å². The van der Waals surface area contributed by atoms with Gasteiger partial charge in [0.15, 0.2) is 5.78 Å². The van der Waals surface area contributed by atoms with Gasteiger partial charge in [0.2, 0.25) is 11.3 Å². The van der Waals surface area contributed by atoms with Crippen LogP contribution in [0.3, 0.4) is 0 Å². The minimum atomic E-state index is -2.21. The number of hydrogen-bond acceptors (Lipinski definition) is 4. The van der Waals surface area contributed by atoms with E-state index in [9.17, 15) is 22.4 Å². The van der Waals surface area contributed by atoms with Gasteiger partial charge >= 0.3 is 0 Å². The molecule has 3 atom stereocenters. The van der Waals surface area contributed by atoms with Crippen LogP contribution in [0, 0.1) is 5.82 Å². The van der Waals surface area contributed by atoms with Crippen molar-refractivity contribution < 1.29 is 22.2 Å². The first kappa shape index (κ1) is 32.0. The maximum absolute atomic E-state index is 13.7. The lowest BCUT2D eigenvalue weighted by molar-refractivity contribution is 0.103. The van der Waals surface area contributed by atoms with E-state index in [1.165, 1.54) is 41.0 Å². The van der Waals surface area contributed by atoms with E-state index in [1.54, 1.807) is 19.3 Å². The summed E-state index contributed by atoms with van der Waals surface area (Å²) in [6, 6.07) is 9.37. The first-order chi connectivity index (χ1) is 18.7. The molecule has 1 unspecified atom stereocenters. The summed E-state index contributed by atoms with van der Waals surface area (Å²) < 4.78 is 53.2. The van der Waals surface area contributed by atoms with E-state index < -0.39 is 44.6 Å². The second-order valence-corrected chi connectivity index (χ2v) is 13.5. The zero-order valence-corrected chi connectivity index (χ0v) is 25.3. The molecular formula is C28H33ClFN3O5S2. The Labute approximate surface area is 243 Å². The number of benzene rings is 2. The summed E-state index contributed by atoms with van der Waals surface area (Å²) in [5.74, 6) is -0.889. The van der Waals surface area contributed by atoms with Crippen LogP contribution in [0.25, 0.3) is 11.1 Å². The third-order valence-corrected chi connectivity index (χ3v) is 8.71. The van der Waals surface area contributed by atoms with E-state index in [1.807, 2.05) is 27.7 Å². The van der Waals surface area contributed by atoms with Gasteiger partial charge in [-0.25, -0.2) is 22.3 Å². The average Bonchev–Trinajstić information content (AvgIpc) is 2.88. The number of hydrogen-bond donors (Lipinski definition) is 3. The molecule has 0 aliphatic rings. The fourth-order valence-electron chi connectivity index (χ4n) is 4.08. The number of nitrogens with one attached hydrogen (secondary N) is 2. The third-order valence-electron chi connectivity index (χ3n) is 6.30. The summed E-state index contributed by atoms with van der Waals surface area (Å²) in [4.78, 5) is 26.5. The first-order valence-corrected chi connectivity index (χ1v) is 15.2. The quantitative estimate of drug-likeness (QED) is 0.212. The Bertz CT molecular complexity index is 1500. The molecule has 0 saturated heterocycles. The molecule has 3 rings (SSSR count). The van der Waals surface area contributed by atoms with Gasteiger partial charge in [-0.1, -0.05) is 18.5 Å². The van der Waals surface area contributed by atoms with Crippen molar-refractivity contribution in [2.75, 3.05) is 6.54 Å². The van der Waals surface area contributed by atoms with Gasteiger partial charge in [-0.15, -0.1) is 0 Å². The zero-order chi connectivity index (χ0) is 29.8. The van der Waals surface area contributed by atoms with Crippen molar-refractivity contribution in [1.29, 1.82) is 0 Å². The van der Waals surface area contributed by atoms with E-state index in [0.29, 0.717) is 28.7 Å². The van der Waals surface area contributed by atoms with Crippen LogP contribution in [-0.4, -0.2) is 34.6 Å². The number of nitrogens with zero attached hydrogens (tertiary/aromatic N) is 1. The van der Waals surface area contributed by atoms with Crippen LogP contribution >= 0.6 is 11.6 Å². The molecule has 1 aromatic heterocycles. The van der Waals surface area contributed by atoms with Gasteiger partial charge in [0.1, 0.15) is 5.82 Å². The average molecular weight is 610 g/mol. The maximum atomic E-state index is 13.7. The predicted molar refractivity (Wildman–Crippen MR) is 159 cm³/mol. The molecule has 0 bridgehead atoms. The number of aromatic nitrogens is 1. The van der Waals surface area contributed by atoms with Crippen LogP contribution in [0.2, 0.25) is 5.02 Å². The Kier molecular flexibility index (Phi) is 10.7. The van der Waals surface area contributed by atoms with Crippen LogP contribution < -0.4 is 15.0 Å². The number of halogens is 2. The standard InChI is InChI=1S/C28H33ClFN3O5S2/c1-6-25(32-39(36)28(2,3)4)21-15-26(34)33(5)16-23(21)20-13-18(11-12-31-40(37)38)24(29)14-22(20)27(35)17-7-9-19(30)10-8-17/h7-10,13-16,25,31-32H,6,11-12H2,1-5H3,(H,37,38)/t25-,39-/m0/s1. The molecule has 0 radical (unpaired) electrons. The predicted octanol–water partition coefficient (Wildman–Crippen LogP) is 4.85. The number of carbonyl (C=O) groups is 1. The zero-order valence-electron chi connectivity index (χ0n) is 22.9. The highest BCUT2D eigenvalue weighted by molar-refractivity contribution is 7.84. The number of rotatable bonds is 11. The Hall–Kier alpha value is -2.54. The van der Waals surface area contributed by atoms with Gasteiger partial charge in [-0.2, -0.15) is 0 Å². The van der Waals surface area contributed by atoms with Crippen LogP contribution in [0.1, 0.15) is 67.2 Å². The van der Waals surface area contributed by atoms with Crippen molar-refractivity contribution in [3.05, 3.63) is 92.1 Å². The van der Waals surface area contributed by atoms with Gasteiger partial charge in [0, 0.05) is 53.6 Å². The lowest BCUT2D eigenvalue weighted by atomic mass is 9.88. The monoisotopic (exact) mass is 609 g/mol. The lowest BCUT2D eigenvalue weighted by Gasteiger charge is -2.26. The largest absolute Gasteiger partial charge is 0.318 e. The van der Waals surface area contributed by atoms with Crippen LogP contribution in [0.15, 0.2) is 53.5 Å². The minimum Gasteiger partial charge on any atom is -0.318 e. The highest BCUT2D eigenvalue weighted by atomic mass is 35.5. The molecule has 0 fully saturated rings. The topological polar surface area (TPSA) is 118 Å². The van der Waals surface area contributed by atoms with E-state index in [-0.39, 0.29) is 34.7 Å². The fraction of sp³-hybridized carbons (Fsp3) is 0.357. The Morgan fingerprint density at radius 3 is 2.35 bits per heavy atom. The Morgan fingerprint density at radius 2 is 1.77 bits per heavy atom. The molecule has 0 spiro atoms. The first-order valence-electron chi connectivity index (χ1n) is 12.6. The second-order valence-electron chi connectivity index (χ2n) is 10.3. The molecule has 3 N–H and O–H groups in total. The van der Waals surface area contributed by atoms with Gasteiger partial charge in [-0.3, -0.25) is 14.1 Å². The summed E-state index contributed by atoms with van der Waals surface area (Å²) >= 11 is 4.37. The van der Waals surface area contributed by atoms with Gasteiger partial charge in [0.05, 0.1) is 15.7 Å². The van der Waals surface area contributed by atoms with Crippen LogP contribution in [0.4, 0.5) is 4.39 Å². The molecule has 40 heavy (non-hydrogen) atoms. The van der Waals surface area contributed by atoms with Crippen molar-refractivity contribution in [3.63, 3.8) is 0 Å². The second kappa shape index (κ2) is 13.4. The Morgan fingerprint density at radius 1 is 1.12 bits per heavy atom. The number of aryl methyl sites for hydroxylation is 1. The van der Waals surface area contributed by atoms with Gasteiger partial charge in [-0.05, 0) is 86.7 Å². The van der Waals surface area contributed by atoms with Gasteiger partial charge < -0.3 is 4.57 Å². The van der Waals surface area contributed by atoms with E-state index >= 15 is 0 Å². The summed E-state index contributed by atoms with van der Waals surface area (Å²) in [5, 5.41) is 0.269. The smallest absolute Gasteiger partial charge is 0.250 e. The molecule has 8 nitrogen and oxygen atoms in total. The van der Waals surface area contributed by atoms with Crippen molar-refractivity contribution >= 4 is 39.6 Å². The molecule has 216 valence electrons. The highest BCUT2D eigenvalue weighted by Crippen LogP contribution is 2.36. The lowest BCUT2D eigenvalue weighted by Crippen LogP contribution is -2.36. The number of carbonyl (C=O) groups excluding carboxylic acids is 1. The fourth-order valence-corrected chi connectivity index (χ4v) is 5.52. The molecule has 0 aliphatic carbocycles. The molecule has 0 aliphatic heterocycles. The maximum Gasteiger partial charge on any atom is 0.250 e. The SMILES string of the molecule is CC[C@H](N[S@@](=O)C(C)(C)C)c1cc(=O)n(C)cc1-c1cc(CCNS(=O)O)c(Cl)cc1C(=O)c1ccc(F)cc1. The van der Waals surface area contributed by atoms with E-state index in [0.717, 1.165) is 0 Å². The summed E-state index contributed by atoms with van der Waals surface area (Å²) in [7, 11) is 0.143.